The summed E-state index contributed by atoms with van der Waals surface area (Å²) >= 11 is 0. The minimum Gasteiger partial charge on any atom is -0.496 e. The van der Waals surface area contributed by atoms with Crippen LogP contribution < -0.4 is 4.74 Å². The first-order chi connectivity index (χ1) is 15.6. The summed E-state index contributed by atoms with van der Waals surface area (Å²) in [4.78, 5) is 26.6. The number of ether oxygens (including phenoxy) is 2. The maximum Gasteiger partial charge on any atom is 0.257 e. The predicted molar refractivity (Wildman–Crippen MR) is 123 cm³/mol. The van der Waals surface area contributed by atoms with E-state index in [1.165, 1.54) is 5.56 Å². The van der Waals surface area contributed by atoms with Gasteiger partial charge in [0.2, 0.25) is 0 Å². The molecule has 0 bridgehead atoms. The summed E-state index contributed by atoms with van der Waals surface area (Å²) in [6.07, 6.45) is 6.05. The molecule has 7 heteroatoms. The van der Waals surface area contributed by atoms with Gasteiger partial charge in [-0.05, 0) is 63.8 Å². The lowest BCUT2D eigenvalue weighted by atomic mass is 10.1. The lowest BCUT2D eigenvalue weighted by Gasteiger charge is -2.24. The van der Waals surface area contributed by atoms with Gasteiger partial charge in [-0.2, -0.15) is 0 Å². The number of aryl methyl sites for hydroxylation is 1. The summed E-state index contributed by atoms with van der Waals surface area (Å²) in [5.74, 6) is 1.74. The molecule has 172 valence electrons. The van der Waals surface area contributed by atoms with Crippen molar-refractivity contribution in [1.82, 2.24) is 19.8 Å². The first-order valence-corrected chi connectivity index (χ1v) is 11.7. The van der Waals surface area contributed by atoms with Crippen LogP contribution in [0.1, 0.15) is 71.7 Å². The molecular formula is C25H34N4O3. The molecule has 0 N–H and O–H groups in total. The number of nitrogens with zero attached hydrogens (tertiary/aromatic N) is 4. The second kappa shape index (κ2) is 10.4. The van der Waals surface area contributed by atoms with Gasteiger partial charge in [-0.25, -0.2) is 9.97 Å². The molecule has 1 aromatic heterocycles. The molecular weight excluding hydrogens is 404 g/mol. The van der Waals surface area contributed by atoms with Crippen molar-refractivity contribution in [2.75, 3.05) is 33.4 Å². The highest BCUT2D eigenvalue weighted by atomic mass is 16.5. The quantitative estimate of drug-likeness (QED) is 0.623. The molecule has 1 aromatic carbocycles. The highest BCUT2D eigenvalue weighted by Gasteiger charge is 2.30. The molecule has 4 rings (SSSR count). The van der Waals surface area contributed by atoms with Crippen LogP contribution in [0, 0.1) is 6.92 Å². The van der Waals surface area contributed by atoms with Crippen molar-refractivity contribution in [3.05, 3.63) is 52.6 Å². The topological polar surface area (TPSA) is 67.8 Å². The Morgan fingerprint density at radius 2 is 2.00 bits per heavy atom. The summed E-state index contributed by atoms with van der Waals surface area (Å²) < 4.78 is 11.1. The van der Waals surface area contributed by atoms with Crippen LogP contribution in [-0.4, -0.2) is 59.0 Å². The standard InChI is InChI=1S/C25H34N4O3/c1-4-32-17-20-14-19(9-10-23(20)31-3)16-29-13-7-8-22(29)24-26-15-21(18(2)27-24)25(30)28-11-5-6-12-28/h9-10,14-15,22H,4-8,11-13,16-17H2,1-3H3/t22-/m0/s1. The van der Waals surface area contributed by atoms with Gasteiger partial charge in [-0.15, -0.1) is 0 Å². The van der Waals surface area contributed by atoms with Gasteiger partial charge >= 0.3 is 0 Å². The van der Waals surface area contributed by atoms with Crippen LogP contribution in [0.5, 0.6) is 5.75 Å². The molecule has 1 atom stereocenters. The molecule has 0 saturated carbocycles. The van der Waals surface area contributed by atoms with E-state index in [4.69, 9.17) is 14.5 Å². The molecule has 2 saturated heterocycles. The molecule has 32 heavy (non-hydrogen) atoms. The van der Waals surface area contributed by atoms with Crippen LogP contribution in [-0.2, 0) is 17.9 Å². The molecule has 2 fully saturated rings. The van der Waals surface area contributed by atoms with Crippen molar-refractivity contribution in [1.29, 1.82) is 0 Å². The fourth-order valence-electron chi connectivity index (χ4n) is 4.74. The van der Waals surface area contributed by atoms with E-state index < -0.39 is 0 Å². The zero-order valence-corrected chi connectivity index (χ0v) is 19.5. The third-order valence-electron chi connectivity index (χ3n) is 6.48. The van der Waals surface area contributed by atoms with Crippen LogP contribution >= 0.6 is 0 Å². The van der Waals surface area contributed by atoms with E-state index >= 15 is 0 Å². The number of carbonyl (C=O) groups is 1. The summed E-state index contributed by atoms with van der Waals surface area (Å²) in [7, 11) is 1.69. The summed E-state index contributed by atoms with van der Waals surface area (Å²) in [6, 6.07) is 6.48. The minimum atomic E-state index is 0.0647. The van der Waals surface area contributed by atoms with E-state index in [1.807, 2.05) is 24.8 Å². The third-order valence-corrected chi connectivity index (χ3v) is 6.48. The van der Waals surface area contributed by atoms with E-state index in [0.717, 1.165) is 74.7 Å². The first kappa shape index (κ1) is 22.7. The van der Waals surface area contributed by atoms with Gasteiger partial charge in [0.25, 0.3) is 5.91 Å². The van der Waals surface area contributed by atoms with Gasteiger partial charge in [0, 0.05) is 38.0 Å². The average Bonchev–Trinajstić information content (AvgIpc) is 3.50. The molecule has 0 aliphatic carbocycles. The summed E-state index contributed by atoms with van der Waals surface area (Å²) in [5, 5.41) is 0. The van der Waals surface area contributed by atoms with E-state index in [1.54, 1.807) is 13.3 Å². The Balaban J connectivity index is 1.49. The van der Waals surface area contributed by atoms with Crippen LogP contribution in [0.3, 0.4) is 0 Å². The van der Waals surface area contributed by atoms with E-state index in [0.29, 0.717) is 18.8 Å². The van der Waals surface area contributed by atoms with Crippen molar-refractivity contribution < 1.29 is 14.3 Å². The second-order valence-corrected chi connectivity index (χ2v) is 8.64. The van der Waals surface area contributed by atoms with Gasteiger partial charge in [-0.3, -0.25) is 9.69 Å². The Labute approximate surface area is 190 Å². The van der Waals surface area contributed by atoms with Crippen LogP contribution in [0.15, 0.2) is 24.4 Å². The normalized spacial score (nSPS) is 19.0. The zero-order valence-electron chi connectivity index (χ0n) is 19.5. The van der Waals surface area contributed by atoms with Crippen molar-refractivity contribution in [2.24, 2.45) is 0 Å². The minimum absolute atomic E-state index is 0.0647. The molecule has 0 radical (unpaired) electrons. The number of hydrogen-bond acceptors (Lipinski definition) is 6. The van der Waals surface area contributed by atoms with Gasteiger partial charge in [0.05, 0.1) is 31.0 Å². The summed E-state index contributed by atoms with van der Waals surface area (Å²) in [6.45, 7) is 8.65. The van der Waals surface area contributed by atoms with Gasteiger partial charge in [-0.1, -0.05) is 6.07 Å². The van der Waals surface area contributed by atoms with Crippen LogP contribution in [0.4, 0.5) is 0 Å². The van der Waals surface area contributed by atoms with Crippen molar-refractivity contribution in [3.8, 4) is 5.75 Å². The first-order valence-electron chi connectivity index (χ1n) is 11.7. The number of likely N-dealkylation sites (tertiary alicyclic amines) is 2. The number of hydrogen-bond donors (Lipinski definition) is 0. The molecule has 0 spiro atoms. The number of carbonyl (C=O) groups excluding carboxylic acids is 1. The van der Waals surface area contributed by atoms with Crippen molar-refractivity contribution >= 4 is 5.91 Å². The fourth-order valence-corrected chi connectivity index (χ4v) is 4.74. The van der Waals surface area contributed by atoms with Gasteiger partial charge in [0.1, 0.15) is 11.6 Å². The Bertz CT molecular complexity index is 943. The van der Waals surface area contributed by atoms with E-state index in [2.05, 4.69) is 22.0 Å². The number of rotatable bonds is 8. The monoisotopic (exact) mass is 438 g/mol. The fraction of sp³-hybridized carbons (Fsp3) is 0.560. The second-order valence-electron chi connectivity index (χ2n) is 8.64. The van der Waals surface area contributed by atoms with Crippen molar-refractivity contribution in [3.63, 3.8) is 0 Å². The molecule has 0 unspecified atom stereocenters. The smallest absolute Gasteiger partial charge is 0.257 e. The number of benzene rings is 1. The number of amides is 1. The highest BCUT2D eigenvalue weighted by molar-refractivity contribution is 5.95. The van der Waals surface area contributed by atoms with Crippen molar-refractivity contribution in [2.45, 2.75) is 58.7 Å². The Hall–Kier alpha value is -2.51. The van der Waals surface area contributed by atoms with E-state index in [9.17, 15) is 4.79 Å². The Morgan fingerprint density at radius 1 is 1.19 bits per heavy atom. The molecule has 1 amide bonds. The zero-order chi connectivity index (χ0) is 22.5. The summed E-state index contributed by atoms with van der Waals surface area (Å²) in [5.41, 5.74) is 3.71. The highest BCUT2D eigenvalue weighted by Crippen LogP contribution is 2.32. The Kier molecular flexibility index (Phi) is 7.37. The lowest BCUT2D eigenvalue weighted by Crippen LogP contribution is -2.29. The SMILES string of the molecule is CCOCc1cc(CN2CCC[C@H]2c2ncc(C(=O)N3CCCC3)c(C)n2)ccc1OC. The Morgan fingerprint density at radius 3 is 2.72 bits per heavy atom. The molecule has 2 aromatic rings. The maximum atomic E-state index is 12.8. The molecule has 2 aliphatic heterocycles. The average molecular weight is 439 g/mol. The number of methoxy groups -OCH3 is 1. The maximum absolute atomic E-state index is 12.8. The van der Waals surface area contributed by atoms with E-state index in [-0.39, 0.29) is 11.9 Å². The largest absolute Gasteiger partial charge is 0.496 e. The predicted octanol–water partition coefficient (Wildman–Crippen LogP) is 3.90. The van der Waals surface area contributed by atoms with Crippen LogP contribution in [0.2, 0.25) is 0 Å². The molecule has 7 nitrogen and oxygen atoms in total. The van der Waals surface area contributed by atoms with Gasteiger partial charge in [0.15, 0.2) is 0 Å². The third kappa shape index (κ3) is 4.94. The molecule has 3 heterocycles. The van der Waals surface area contributed by atoms with Gasteiger partial charge < -0.3 is 14.4 Å². The van der Waals surface area contributed by atoms with Crippen LogP contribution in [0.25, 0.3) is 0 Å². The lowest BCUT2D eigenvalue weighted by molar-refractivity contribution is 0.0791. The number of aromatic nitrogens is 2. The molecule has 2 aliphatic rings.